The molecule has 0 radical (unpaired) electrons. The highest BCUT2D eigenvalue weighted by molar-refractivity contribution is 14.1. The monoisotopic (exact) mass is 241 g/mol. The summed E-state index contributed by atoms with van der Waals surface area (Å²) < 4.78 is 7.31. The van der Waals surface area contributed by atoms with Crippen LogP contribution in [0.2, 0.25) is 0 Å². The topological polar surface area (TPSA) is 38.3 Å². The molecule has 1 saturated carbocycles. The van der Waals surface area contributed by atoms with Crippen molar-refractivity contribution in [2.75, 3.05) is 0 Å². The quantitative estimate of drug-likeness (QED) is 0.559. The van der Waals surface area contributed by atoms with Gasteiger partial charge in [-0.15, -0.1) is 0 Å². The van der Waals surface area contributed by atoms with Crippen LogP contribution in [0.15, 0.2) is 0 Å². The third-order valence-electron chi connectivity index (χ3n) is 1.37. The van der Waals surface area contributed by atoms with Crippen LogP contribution >= 0.6 is 22.9 Å². The van der Waals surface area contributed by atoms with Gasteiger partial charge in [0, 0.05) is 0 Å². The molecule has 0 saturated heterocycles. The minimum absolute atomic E-state index is 0.144. The number of carbonyl (C=O) groups excluding carboxylic acids is 1. The molecule has 1 N–H and O–H groups in total. The normalized spacial score (nSPS) is 20.7. The average molecular weight is 241 g/mol. The predicted molar refractivity (Wildman–Crippen MR) is 41.3 cm³/mol. The highest BCUT2D eigenvalue weighted by Crippen LogP contribution is 2.38. The number of hydrogen-bond acceptors (Lipinski definition) is 2. The summed E-state index contributed by atoms with van der Waals surface area (Å²) in [6.07, 6.45) is 1.66. The minimum atomic E-state index is -0.337. The van der Waals surface area contributed by atoms with Crippen molar-refractivity contribution in [3.8, 4) is 0 Å². The predicted octanol–water partition coefficient (Wildman–Crippen LogP) is 1.62. The maximum absolute atomic E-state index is 10.5. The molecule has 1 aliphatic carbocycles. The summed E-state index contributed by atoms with van der Waals surface area (Å²) in [5, 5.41) is 0. The van der Waals surface area contributed by atoms with E-state index in [9.17, 15) is 4.79 Å². The van der Waals surface area contributed by atoms with Crippen LogP contribution in [0.1, 0.15) is 19.8 Å². The third kappa shape index (κ3) is 2.00. The van der Waals surface area contributed by atoms with Crippen LogP contribution in [-0.2, 0) is 4.74 Å². The zero-order valence-corrected chi connectivity index (χ0v) is 7.27. The summed E-state index contributed by atoms with van der Waals surface area (Å²) >= 11 is 1.76. The molecule has 0 aromatic rings. The van der Waals surface area contributed by atoms with Gasteiger partial charge in [0.25, 0.3) is 0 Å². The van der Waals surface area contributed by atoms with Crippen LogP contribution in [0.3, 0.4) is 0 Å². The second kappa shape index (κ2) is 2.32. The van der Waals surface area contributed by atoms with Crippen LogP contribution in [-0.4, -0.2) is 11.7 Å². The second-order valence-corrected chi connectivity index (χ2v) is 2.97. The summed E-state index contributed by atoms with van der Waals surface area (Å²) in [5.41, 5.74) is -0.144. The van der Waals surface area contributed by atoms with Gasteiger partial charge >= 0.3 is 6.09 Å². The molecule has 52 valence electrons. The zero-order chi connectivity index (χ0) is 6.91. The lowest BCUT2D eigenvalue weighted by atomic mass is 10.4. The molecule has 0 aromatic carbocycles. The Morgan fingerprint density at radius 3 is 2.67 bits per heavy atom. The third-order valence-corrected chi connectivity index (χ3v) is 1.81. The molecular weight excluding hydrogens is 233 g/mol. The van der Waals surface area contributed by atoms with Crippen molar-refractivity contribution in [1.82, 2.24) is 3.53 Å². The first-order chi connectivity index (χ1) is 4.16. The van der Waals surface area contributed by atoms with Gasteiger partial charge in [0.15, 0.2) is 0 Å². The van der Waals surface area contributed by atoms with E-state index in [0.29, 0.717) is 0 Å². The Labute approximate surface area is 67.6 Å². The number of hydrogen-bond donors (Lipinski definition) is 1. The van der Waals surface area contributed by atoms with Gasteiger partial charge in [-0.2, -0.15) is 0 Å². The van der Waals surface area contributed by atoms with Gasteiger partial charge in [-0.3, -0.25) is 3.53 Å². The Bertz CT molecular complexity index is 133. The number of amides is 1. The first-order valence-electron chi connectivity index (χ1n) is 2.76. The lowest BCUT2D eigenvalue weighted by Crippen LogP contribution is -2.21. The van der Waals surface area contributed by atoms with Gasteiger partial charge in [0.05, 0.1) is 22.9 Å². The summed E-state index contributed by atoms with van der Waals surface area (Å²) in [4.78, 5) is 10.5. The van der Waals surface area contributed by atoms with Crippen molar-refractivity contribution in [3.05, 3.63) is 0 Å². The lowest BCUT2D eigenvalue weighted by molar-refractivity contribution is 0.100. The maximum Gasteiger partial charge on any atom is 0.416 e. The molecule has 0 atom stereocenters. The molecule has 0 aliphatic heterocycles. The molecule has 1 fully saturated rings. The van der Waals surface area contributed by atoms with E-state index in [1.54, 1.807) is 22.9 Å². The smallest absolute Gasteiger partial charge is 0.416 e. The van der Waals surface area contributed by atoms with Crippen molar-refractivity contribution in [2.45, 2.75) is 25.4 Å². The molecule has 1 rings (SSSR count). The Morgan fingerprint density at radius 1 is 1.78 bits per heavy atom. The standard InChI is InChI=1S/C5H8INO2/c1-5(2-3-5)9-4(8)7-6/h2-3H2,1H3,(H,7,8). The summed E-state index contributed by atoms with van der Waals surface area (Å²) in [6, 6.07) is 0. The lowest BCUT2D eigenvalue weighted by Gasteiger charge is -2.07. The maximum atomic E-state index is 10.5. The van der Waals surface area contributed by atoms with Crippen LogP contribution < -0.4 is 3.53 Å². The van der Waals surface area contributed by atoms with Gasteiger partial charge in [0.2, 0.25) is 0 Å². The molecule has 0 unspecified atom stereocenters. The molecule has 0 spiro atoms. The van der Waals surface area contributed by atoms with E-state index in [-0.39, 0.29) is 11.7 Å². The molecule has 1 amide bonds. The van der Waals surface area contributed by atoms with Crippen molar-refractivity contribution in [2.24, 2.45) is 0 Å². The Kier molecular flexibility index (Phi) is 1.83. The second-order valence-electron chi connectivity index (χ2n) is 2.43. The minimum Gasteiger partial charge on any atom is -0.443 e. The van der Waals surface area contributed by atoms with Crippen LogP contribution in [0, 0.1) is 0 Å². The van der Waals surface area contributed by atoms with E-state index in [4.69, 9.17) is 4.74 Å². The molecule has 9 heavy (non-hydrogen) atoms. The molecule has 4 heteroatoms. The molecule has 3 nitrogen and oxygen atoms in total. The van der Waals surface area contributed by atoms with E-state index in [0.717, 1.165) is 12.8 Å². The number of halogens is 1. The molecule has 0 heterocycles. The number of rotatable bonds is 1. The van der Waals surface area contributed by atoms with Crippen molar-refractivity contribution >= 4 is 29.0 Å². The van der Waals surface area contributed by atoms with Crippen LogP contribution in [0.5, 0.6) is 0 Å². The molecule has 1 aliphatic rings. The molecule has 0 aromatic heterocycles. The van der Waals surface area contributed by atoms with E-state index in [2.05, 4.69) is 3.53 Å². The van der Waals surface area contributed by atoms with Crippen LogP contribution in [0.25, 0.3) is 0 Å². The SMILES string of the molecule is CC1(OC(=O)NI)CC1. The number of ether oxygens (including phenoxy) is 1. The Balaban J connectivity index is 2.25. The largest absolute Gasteiger partial charge is 0.443 e. The fourth-order valence-electron chi connectivity index (χ4n) is 0.521. The molecular formula is C5H8INO2. The van der Waals surface area contributed by atoms with Crippen molar-refractivity contribution in [3.63, 3.8) is 0 Å². The van der Waals surface area contributed by atoms with Gasteiger partial charge in [0.1, 0.15) is 5.60 Å². The zero-order valence-electron chi connectivity index (χ0n) is 5.11. The summed E-state index contributed by atoms with van der Waals surface area (Å²) in [5.74, 6) is 0. The van der Waals surface area contributed by atoms with E-state index < -0.39 is 0 Å². The van der Waals surface area contributed by atoms with Gasteiger partial charge in [-0.1, -0.05) is 0 Å². The highest BCUT2D eigenvalue weighted by atomic mass is 127. The van der Waals surface area contributed by atoms with Crippen LogP contribution in [0.4, 0.5) is 4.79 Å². The van der Waals surface area contributed by atoms with Gasteiger partial charge < -0.3 is 4.74 Å². The fraction of sp³-hybridized carbons (Fsp3) is 0.800. The first-order valence-corrected chi connectivity index (χ1v) is 3.84. The summed E-state index contributed by atoms with van der Waals surface area (Å²) in [7, 11) is 0. The van der Waals surface area contributed by atoms with E-state index in [1.165, 1.54) is 0 Å². The Morgan fingerprint density at radius 2 is 2.33 bits per heavy atom. The number of nitrogens with one attached hydrogen (secondary N) is 1. The fourth-order valence-corrected chi connectivity index (χ4v) is 0.631. The number of carbonyl (C=O) groups is 1. The van der Waals surface area contributed by atoms with E-state index >= 15 is 0 Å². The Hall–Kier alpha value is 0. The van der Waals surface area contributed by atoms with Crippen molar-refractivity contribution in [1.29, 1.82) is 0 Å². The van der Waals surface area contributed by atoms with Crippen molar-refractivity contribution < 1.29 is 9.53 Å². The average Bonchev–Trinajstić information content (AvgIpc) is 2.48. The first kappa shape index (κ1) is 7.11. The van der Waals surface area contributed by atoms with E-state index in [1.807, 2.05) is 6.92 Å². The van der Waals surface area contributed by atoms with Gasteiger partial charge in [-0.25, -0.2) is 4.79 Å². The van der Waals surface area contributed by atoms with Gasteiger partial charge in [-0.05, 0) is 19.8 Å². The highest BCUT2D eigenvalue weighted by Gasteiger charge is 2.41. The summed E-state index contributed by atoms with van der Waals surface area (Å²) in [6.45, 7) is 1.93. The molecule has 0 bridgehead atoms.